The van der Waals surface area contributed by atoms with Crippen molar-refractivity contribution >= 4 is 17.4 Å². The summed E-state index contributed by atoms with van der Waals surface area (Å²) in [6.07, 6.45) is 6.13. The quantitative estimate of drug-likeness (QED) is 0.809. The molecule has 24 heavy (non-hydrogen) atoms. The van der Waals surface area contributed by atoms with Crippen LogP contribution >= 0.6 is 11.3 Å². The molecule has 1 aliphatic rings. The van der Waals surface area contributed by atoms with Crippen molar-refractivity contribution in [1.82, 2.24) is 25.3 Å². The number of aromatic nitrogens is 2. The molecule has 130 valence electrons. The van der Waals surface area contributed by atoms with E-state index < -0.39 is 0 Å². The van der Waals surface area contributed by atoms with Gasteiger partial charge in [-0.1, -0.05) is 6.07 Å². The number of carbonyl (C=O) groups excluding carboxylic acids is 1. The summed E-state index contributed by atoms with van der Waals surface area (Å²) >= 11 is 1.76. The fraction of sp³-hybridized carbons (Fsp3) is 0.529. The minimum atomic E-state index is -0.115. The largest absolute Gasteiger partial charge is 0.336 e. The molecule has 3 rings (SSSR count). The first-order chi connectivity index (χ1) is 11.7. The van der Waals surface area contributed by atoms with Crippen LogP contribution in [-0.2, 0) is 6.54 Å². The normalized spacial score (nSPS) is 17.5. The van der Waals surface area contributed by atoms with Crippen LogP contribution in [0, 0.1) is 0 Å². The van der Waals surface area contributed by atoms with Crippen LogP contribution in [0.1, 0.15) is 30.7 Å². The molecule has 1 fully saturated rings. The number of hydrogen-bond acceptors (Lipinski definition) is 4. The SMILES string of the molecule is C[C@H](Cn1cccn1)NC(=O)NC[C@@H](c1cccs1)N1CCCC1. The fourth-order valence-electron chi connectivity index (χ4n) is 3.14. The van der Waals surface area contributed by atoms with E-state index in [2.05, 4.69) is 38.1 Å². The third-order valence-corrected chi connectivity index (χ3v) is 5.28. The predicted molar refractivity (Wildman–Crippen MR) is 96.1 cm³/mol. The van der Waals surface area contributed by atoms with E-state index in [-0.39, 0.29) is 18.1 Å². The average molecular weight is 347 g/mol. The second-order valence-corrected chi connectivity index (χ2v) is 7.24. The summed E-state index contributed by atoms with van der Waals surface area (Å²) < 4.78 is 1.82. The van der Waals surface area contributed by atoms with Crippen molar-refractivity contribution in [3.63, 3.8) is 0 Å². The van der Waals surface area contributed by atoms with Gasteiger partial charge in [-0.05, 0) is 50.4 Å². The molecule has 2 atom stereocenters. The Balaban J connectivity index is 1.49. The van der Waals surface area contributed by atoms with Gasteiger partial charge in [-0.2, -0.15) is 5.10 Å². The maximum atomic E-state index is 12.2. The molecule has 2 aromatic rings. The summed E-state index contributed by atoms with van der Waals surface area (Å²) in [5.41, 5.74) is 0. The maximum Gasteiger partial charge on any atom is 0.315 e. The Hall–Kier alpha value is -1.86. The molecule has 0 radical (unpaired) electrons. The summed E-state index contributed by atoms with van der Waals surface area (Å²) in [4.78, 5) is 16.0. The summed E-state index contributed by atoms with van der Waals surface area (Å²) in [7, 11) is 0. The molecule has 6 nitrogen and oxygen atoms in total. The molecule has 0 saturated carbocycles. The molecule has 2 amide bonds. The van der Waals surface area contributed by atoms with Gasteiger partial charge in [0.1, 0.15) is 0 Å². The molecule has 0 spiro atoms. The van der Waals surface area contributed by atoms with Crippen molar-refractivity contribution in [2.45, 2.75) is 38.4 Å². The van der Waals surface area contributed by atoms with Crippen molar-refractivity contribution < 1.29 is 4.79 Å². The minimum absolute atomic E-state index is 0.0249. The number of carbonyl (C=O) groups is 1. The lowest BCUT2D eigenvalue weighted by Crippen LogP contribution is -2.45. The highest BCUT2D eigenvalue weighted by Crippen LogP contribution is 2.27. The van der Waals surface area contributed by atoms with Gasteiger partial charge in [0, 0.05) is 29.9 Å². The number of amides is 2. The van der Waals surface area contributed by atoms with Crippen molar-refractivity contribution in [3.8, 4) is 0 Å². The lowest BCUT2D eigenvalue weighted by atomic mass is 10.2. The highest BCUT2D eigenvalue weighted by Gasteiger charge is 2.24. The molecule has 7 heteroatoms. The molecule has 2 N–H and O–H groups in total. The zero-order chi connectivity index (χ0) is 16.8. The number of likely N-dealkylation sites (tertiary alicyclic amines) is 1. The smallest absolute Gasteiger partial charge is 0.315 e. The van der Waals surface area contributed by atoms with E-state index in [4.69, 9.17) is 0 Å². The van der Waals surface area contributed by atoms with Crippen LogP contribution in [0.5, 0.6) is 0 Å². The lowest BCUT2D eigenvalue weighted by Gasteiger charge is -2.27. The van der Waals surface area contributed by atoms with Gasteiger partial charge in [-0.15, -0.1) is 11.3 Å². The predicted octanol–water partition coefficient (Wildman–Crippen LogP) is 2.47. The molecule has 3 heterocycles. The van der Waals surface area contributed by atoms with Gasteiger partial charge in [0.2, 0.25) is 0 Å². The van der Waals surface area contributed by atoms with Crippen LogP contribution in [0.2, 0.25) is 0 Å². The van der Waals surface area contributed by atoms with Gasteiger partial charge in [-0.25, -0.2) is 4.79 Å². The van der Waals surface area contributed by atoms with E-state index in [1.807, 2.05) is 23.9 Å². The first-order valence-corrected chi connectivity index (χ1v) is 9.39. The molecule has 0 aromatic carbocycles. The standard InChI is InChI=1S/C17H25N5OS/c1-14(13-22-10-5-7-19-22)20-17(23)18-12-15(16-6-4-11-24-16)21-8-2-3-9-21/h4-7,10-11,14-15H,2-3,8-9,12-13H2,1H3,(H2,18,20,23)/t14-,15+/m1/s1. The second kappa shape index (κ2) is 8.30. The van der Waals surface area contributed by atoms with Crippen molar-refractivity contribution in [2.24, 2.45) is 0 Å². The van der Waals surface area contributed by atoms with Crippen LogP contribution in [0.4, 0.5) is 4.79 Å². The molecule has 2 aromatic heterocycles. The van der Waals surface area contributed by atoms with Crippen molar-refractivity contribution in [1.29, 1.82) is 0 Å². The third kappa shape index (κ3) is 4.58. The summed E-state index contributed by atoms with van der Waals surface area (Å²) in [6.45, 7) is 5.52. The fourth-order valence-corrected chi connectivity index (χ4v) is 4.00. The second-order valence-electron chi connectivity index (χ2n) is 6.26. The van der Waals surface area contributed by atoms with Crippen molar-refractivity contribution in [2.75, 3.05) is 19.6 Å². The first kappa shape index (κ1) is 17.0. The molecule has 1 saturated heterocycles. The average Bonchev–Trinajstić information content (AvgIpc) is 3.31. The van der Waals surface area contributed by atoms with E-state index in [9.17, 15) is 4.79 Å². The van der Waals surface area contributed by atoms with Crippen LogP contribution in [0.3, 0.4) is 0 Å². The first-order valence-electron chi connectivity index (χ1n) is 8.51. The van der Waals surface area contributed by atoms with Crippen LogP contribution in [0.15, 0.2) is 36.0 Å². The van der Waals surface area contributed by atoms with E-state index in [0.29, 0.717) is 13.1 Å². The summed E-state index contributed by atoms with van der Waals surface area (Å²) in [5, 5.41) is 12.3. The highest BCUT2D eigenvalue weighted by molar-refractivity contribution is 7.10. The Morgan fingerprint density at radius 3 is 2.88 bits per heavy atom. The van der Waals surface area contributed by atoms with Crippen LogP contribution in [-0.4, -0.2) is 46.4 Å². The Kier molecular flexibility index (Phi) is 5.87. The Labute approximate surface area is 146 Å². The molecule has 0 aliphatic carbocycles. The number of urea groups is 1. The topological polar surface area (TPSA) is 62.2 Å². The summed E-state index contributed by atoms with van der Waals surface area (Å²) in [6, 6.07) is 6.31. The van der Waals surface area contributed by atoms with Crippen molar-refractivity contribution in [3.05, 3.63) is 40.8 Å². The monoisotopic (exact) mass is 347 g/mol. The zero-order valence-electron chi connectivity index (χ0n) is 14.0. The Bertz CT molecular complexity index is 607. The van der Waals surface area contributed by atoms with E-state index >= 15 is 0 Å². The van der Waals surface area contributed by atoms with Gasteiger partial charge < -0.3 is 10.6 Å². The Morgan fingerprint density at radius 2 is 2.21 bits per heavy atom. The van der Waals surface area contributed by atoms with Crippen LogP contribution in [0.25, 0.3) is 0 Å². The molecule has 0 bridgehead atoms. The highest BCUT2D eigenvalue weighted by atomic mass is 32.1. The lowest BCUT2D eigenvalue weighted by molar-refractivity contribution is 0.219. The number of nitrogens with one attached hydrogen (secondary N) is 2. The number of hydrogen-bond donors (Lipinski definition) is 2. The van der Waals surface area contributed by atoms with E-state index in [1.54, 1.807) is 17.5 Å². The molecule has 0 unspecified atom stereocenters. The van der Waals surface area contributed by atoms with Gasteiger partial charge in [-0.3, -0.25) is 9.58 Å². The minimum Gasteiger partial charge on any atom is -0.336 e. The molecular weight excluding hydrogens is 322 g/mol. The third-order valence-electron chi connectivity index (χ3n) is 4.31. The zero-order valence-corrected chi connectivity index (χ0v) is 14.8. The number of thiophene rings is 1. The van der Waals surface area contributed by atoms with Gasteiger partial charge in [0.15, 0.2) is 0 Å². The van der Waals surface area contributed by atoms with Gasteiger partial charge in [0.05, 0.1) is 12.6 Å². The number of nitrogens with zero attached hydrogens (tertiary/aromatic N) is 3. The Morgan fingerprint density at radius 1 is 1.38 bits per heavy atom. The maximum absolute atomic E-state index is 12.2. The molecule has 1 aliphatic heterocycles. The number of rotatable bonds is 7. The van der Waals surface area contributed by atoms with Gasteiger partial charge in [0.25, 0.3) is 0 Å². The van der Waals surface area contributed by atoms with E-state index in [0.717, 1.165) is 13.1 Å². The van der Waals surface area contributed by atoms with Crippen LogP contribution < -0.4 is 10.6 Å². The van der Waals surface area contributed by atoms with Gasteiger partial charge >= 0.3 is 6.03 Å². The summed E-state index contributed by atoms with van der Waals surface area (Å²) in [5.74, 6) is 0. The van der Waals surface area contributed by atoms with E-state index in [1.165, 1.54) is 17.7 Å². The molecular formula is C17H25N5OS.